The summed E-state index contributed by atoms with van der Waals surface area (Å²) in [6.45, 7) is 0.169. The molecule has 0 aromatic heterocycles. The van der Waals surface area contributed by atoms with Crippen LogP contribution >= 0.6 is 0 Å². The second-order valence-corrected chi connectivity index (χ2v) is 4.60. The molecular formula is C16H16F3NO. The maximum atomic E-state index is 12.9. The summed E-state index contributed by atoms with van der Waals surface area (Å²) < 4.78 is 44.1. The van der Waals surface area contributed by atoms with Crippen molar-refractivity contribution in [3.63, 3.8) is 0 Å². The highest BCUT2D eigenvalue weighted by atomic mass is 19.4. The number of ether oxygens (including phenoxy) is 1. The van der Waals surface area contributed by atoms with E-state index in [1.807, 2.05) is 30.3 Å². The summed E-state index contributed by atoms with van der Waals surface area (Å²) in [5.74, 6) is 0.204. The van der Waals surface area contributed by atoms with E-state index in [4.69, 9.17) is 10.5 Å². The third-order valence-electron chi connectivity index (χ3n) is 3.11. The van der Waals surface area contributed by atoms with Gasteiger partial charge in [0.25, 0.3) is 0 Å². The van der Waals surface area contributed by atoms with Crippen LogP contribution < -0.4 is 10.5 Å². The lowest BCUT2D eigenvalue weighted by atomic mass is 10.1. The number of halogens is 3. The van der Waals surface area contributed by atoms with Gasteiger partial charge in [-0.3, -0.25) is 0 Å². The molecule has 112 valence electrons. The lowest BCUT2D eigenvalue weighted by molar-refractivity contribution is -0.138. The molecule has 2 nitrogen and oxygen atoms in total. The number of nitrogens with two attached hydrogens (primary N) is 1. The van der Waals surface area contributed by atoms with Crippen molar-refractivity contribution < 1.29 is 17.9 Å². The quantitative estimate of drug-likeness (QED) is 0.911. The summed E-state index contributed by atoms with van der Waals surface area (Å²) in [7, 11) is 0. The van der Waals surface area contributed by atoms with E-state index >= 15 is 0 Å². The number of alkyl halides is 3. The van der Waals surface area contributed by atoms with Crippen molar-refractivity contribution in [2.24, 2.45) is 5.73 Å². The van der Waals surface area contributed by atoms with Crippen molar-refractivity contribution >= 4 is 0 Å². The highest BCUT2D eigenvalue weighted by Gasteiger charge is 2.33. The maximum absolute atomic E-state index is 12.9. The van der Waals surface area contributed by atoms with Gasteiger partial charge in [0, 0.05) is 13.0 Å². The molecule has 0 atom stereocenters. The Morgan fingerprint density at radius 3 is 2.33 bits per heavy atom. The third kappa shape index (κ3) is 4.23. The van der Waals surface area contributed by atoms with Crippen molar-refractivity contribution in [2.45, 2.75) is 19.1 Å². The van der Waals surface area contributed by atoms with Crippen LogP contribution in [0.3, 0.4) is 0 Å². The van der Waals surface area contributed by atoms with Crippen LogP contribution in [0.5, 0.6) is 5.75 Å². The minimum Gasteiger partial charge on any atom is -0.493 e. The van der Waals surface area contributed by atoms with Gasteiger partial charge in [0.2, 0.25) is 0 Å². The molecule has 0 aliphatic heterocycles. The van der Waals surface area contributed by atoms with E-state index in [-0.39, 0.29) is 17.9 Å². The minimum atomic E-state index is -4.42. The van der Waals surface area contributed by atoms with E-state index < -0.39 is 11.7 Å². The van der Waals surface area contributed by atoms with Gasteiger partial charge in [-0.2, -0.15) is 13.2 Å². The lowest BCUT2D eigenvalue weighted by Crippen LogP contribution is -2.12. The molecule has 21 heavy (non-hydrogen) atoms. The summed E-state index contributed by atoms with van der Waals surface area (Å²) in [5, 5.41) is 0. The molecule has 0 aliphatic rings. The van der Waals surface area contributed by atoms with Gasteiger partial charge in [-0.15, -0.1) is 0 Å². The van der Waals surface area contributed by atoms with E-state index in [0.29, 0.717) is 13.0 Å². The first-order chi connectivity index (χ1) is 10.0. The molecule has 2 N–H and O–H groups in total. The molecule has 0 bridgehead atoms. The van der Waals surface area contributed by atoms with Crippen molar-refractivity contribution in [2.75, 3.05) is 6.61 Å². The Balaban J connectivity index is 2.04. The van der Waals surface area contributed by atoms with E-state index in [1.165, 1.54) is 12.1 Å². The zero-order valence-corrected chi connectivity index (χ0v) is 11.4. The number of hydrogen-bond donors (Lipinski definition) is 1. The van der Waals surface area contributed by atoms with Gasteiger partial charge in [-0.25, -0.2) is 0 Å². The molecule has 0 aliphatic carbocycles. The molecule has 0 heterocycles. The topological polar surface area (TPSA) is 35.2 Å². The van der Waals surface area contributed by atoms with E-state index in [2.05, 4.69) is 0 Å². The predicted octanol–water partition coefficient (Wildman–Crippen LogP) is 3.79. The Morgan fingerprint density at radius 2 is 1.71 bits per heavy atom. The van der Waals surface area contributed by atoms with Crippen LogP contribution in [0.4, 0.5) is 13.2 Å². The molecule has 2 rings (SSSR count). The van der Waals surface area contributed by atoms with Crippen LogP contribution in [0, 0.1) is 0 Å². The number of rotatable bonds is 5. The fourth-order valence-corrected chi connectivity index (χ4v) is 2.02. The Labute approximate surface area is 121 Å². The van der Waals surface area contributed by atoms with Gasteiger partial charge in [0.1, 0.15) is 5.75 Å². The summed E-state index contributed by atoms with van der Waals surface area (Å²) in [5.41, 5.74) is 5.74. The summed E-state index contributed by atoms with van der Waals surface area (Å²) in [4.78, 5) is 0. The van der Waals surface area contributed by atoms with E-state index in [9.17, 15) is 13.2 Å². The van der Waals surface area contributed by atoms with Crippen LogP contribution in [0.25, 0.3) is 0 Å². The van der Waals surface area contributed by atoms with E-state index in [0.717, 1.165) is 11.6 Å². The lowest BCUT2D eigenvalue weighted by Gasteiger charge is -2.14. The molecule has 2 aromatic rings. The van der Waals surface area contributed by atoms with Crippen molar-refractivity contribution in [1.29, 1.82) is 0 Å². The highest BCUT2D eigenvalue weighted by molar-refractivity contribution is 5.37. The van der Waals surface area contributed by atoms with Gasteiger partial charge in [0.05, 0.1) is 12.2 Å². The predicted molar refractivity (Wildman–Crippen MR) is 75.0 cm³/mol. The van der Waals surface area contributed by atoms with Crippen LogP contribution in [-0.4, -0.2) is 6.61 Å². The minimum absolute atomic E-state index is 0.0675. The van der Waals surface area contributed by atoms with Crippen LogP contribution in [0.1, 0.15) is 16.7 Å². The second kappa shape index (κ2) is 6.63. The van der Waals surface area contributed by atoms with Gasteiger partial charge in [0.15, 0.2) is 0 Å². The summed E-state index contributed by atoms with van der Waals surface area (Å²) in [6.07, 6.45) is -3.78. The summed E-state index contributed by atoms with van der Waals surface area (Å²) >= 11 is 0. The van der Waals surface area contributed by atoms with E-state index in [1.54, 1.807) is 0 Å². The van der Waals surface area contributed by atoms with Crippen LogP contribution in [0.15, 0.2) is 48.5 Å². The molecule has 5 heteroatoms. The number of hydrogen-bond acceptors (Lipinski definition) is 2. The van der Waals surface area contributed by atoms with Crippen molar-refractivity contribution in [3.8, 4) is 5.75 Å². The van der Waals surface area contributed by atoms with Crippen molar-refractivity contribution in [1.82, 2.24) is 0 Å². The average Bonchev–Trinajstić information content (AvgIpc) is 2.47. The maximum Gasteiger partial charge on any atom is 0.416 e. The highest BCUT2D eigenvalue weighted by Crippen LogP contribution is 2.34. The molecule has 0 unspecified atom stereocenters. The average molecular weight is 295 g/mol. The monoisotopic (exact) mass is 295 g/mol. The second-order valence-electron chi connectivity index (χ2n) is 4.60. The molecule has 0 fully saturated rings. The molecule has 0 saturated carbocycles. The first kappa shape index (κ1) is 15.4. The van der Waals surface area contributed by atoms with Gasteiger partial charge in [-0.1, -0.05) is 36.4 Å². The smallest absolute Gasteiger partial charge is 0.416 e. The van der Waals surface area contributed by atoms with Crippen molar-refractivity contribution in [3.05, 3.63) is 65.2 Å². The zero-order chi connectivity index (χ0) is 15.3. The van der Waals surface area contributed by atoms with Gasteiger partial charge >= 0.3 is 6.18 Å². The molecule has 0 saturated heterocycles. The molecule has 0 radical (unpaired) electrons. The third-order valence-corrected chi connectivity index (χ3v) is 3.11. The largest absolute Gasteiger partial charge is 0.493 e. The Bertz CT molecular complexity index is 582. The SMILES string of the molecule is NCc1ccc(OCCc2ccccc2)cc1C(F)(F)F. The Morgan fingerprint density at radius 1 is 1.00 bits per heavy atom. The van der Waals surface area contributed by atoms with Gasteiger partial charge in [-0.05, 0) is 23.3 Å². The molecule has 0 amide bonds. The molecule has 2 aromatic carbocycles. The standard InChI is InChI=1S/C16H16F3NO/c17-16(18,19)15-10-14(7-6-13(15)11-20)21-9-8-12-4-2-1-3-5-12/h1-7,10H,8-9,11,20H2. The first-order valence-electron chi connectivity index (χ1n) is 6.57. The number of benzene rings is 2. The van der Waals surface area contributed by atoms with Crippen LogP contribution in [-0.2, 0) is 19.1 Å². The molecule has 0 spiro atoms. The fourth-order valence-electron chi connectivity index (χ4n) is 2.02. The Kier molecular flexibility index (Phi) is 4.85. The normalized spacial score (nSPS) is 11.4. The fraction of sp³-hybridized carbons (Fsp3) is 0.250. The Hall–Kier alpha value is -2.01. The van der Waals surface area contributed by atoms with Gasteiger partial charge < -0.3 is 10.5 Å². The summed E-state index contributed by atoms with van der Waals surface area (Å²) in [6, 6.07) is 13.5. The van der Waals surface area contributed by atoms with Crippen LogP contribution in [0.2, 0.25) is 0 Å². The zero-order valence-electron chi connectivity index (χ0n) is 11.4. The molecular weight excluding hydrogens is 279 g/mol. The first-order valence-corrected chi connectivity index (χ1v) is 6.57.